The smallest absolute Gasteiger partial charge is 0.270 e. The van der Waals surface area contributed by atoms with E-state index in [2.05, 4.69) is 22.1 Å². The molecule has 8 nitrogen and oxygen atoms in total. The van der Waals surface area contributed by atoms with Crippen molar-refractivity contribution in [2.45, 2.75) is 19.6 Å². The Bertz CT molecular complexity index is 950. The van der Waals surface area contributed by atoms with Gasteiger partial charge in [-0.25, -0.2) is 4.98 Å². The van der Waals surface area contributed by atoms with Gasteiger partial charge in [-0.3, -0.25) is 9.59 Å². The van der Waals surface area contributed by atoms with Gasteiger partial charge in [-0.1, -0.05) is 11.8 Å². The lowest BCUT2D eigenvalue weighted by atomic mass is 10.1. The maximum Gasteiger partial charge on any atom is 0.270 e. The fourth-order valence-corrected chi connectivity index (χ4v) is 2.74. The highest BCUT2D eigenvalue weighted by Crippen LogP contribution is 2.34. The molecule has 1 aliphatic heterocycles. The second-order valence-electron chi connectivity index (χ2n) is 5.73. The Labute approximate surface area is 150 Å². The largest absolute Gasteiger partial charge is 0.491 e. The Morgan fingerprint density at radius 2 is 2.23 bits per heavy atom. The van der Waals surface area contributed by atoms with E-state index in [4.69, 9.17) is 10.5 Å². The number of hydrogen-bond donors (Lipinski definition) is 3. The van der Waals surface area contributed by atoms with Gasteiger partial charge >= 0.3 is 0 Å². The number of nitrogens with zero attached hydrogens (tertiary/aromatic N) is 2. The van der Waals surface area contributed by atoms with Crippen molar-refractivity contribution in [3.05, 3.63) is 35.2 Å². The summed E-state index contributed by atoms with van der Waals surface area (Å²) in [7, 11) is 1.47. The van der Waals surface area contributed by atoms with Crippen molar-refractivity contribution in [3.8, 4) is 29.0 Å². The molecule has 1 atom stereocenters. The van der Waals surface area contributed by atoms with Gasteiger partial charge in [-0.15, -0.1) is 0 Å². The molecule has 0 unspecified atom stereocenters. The molecule has 0 bridgehead atoms. The number of nitrogens with two attached hydrogens (primary N) is 1. The molecule has 0 aliphatic carbocycles. The van der Waals surface area contributed by atoms with Crippen LogP contribution in [0.3, 0.4) is 0 Å². The first-order valence-electron chi connectivity index (χ1n) is 8.01. The summed E-state index contributed by atoms with van der Waals surface area (Å²) in [4.78, 5) is 28.4. The molecule has 1 aliphatic rings. The second-order valence-corrected chi connectivity index (χ2v) is 5.73. The van der Waals surface area contributed by atoms with Gasteiger partial charge in [0.05, 0.1) is 12.1 Å². The highest BCUT2D eigenvalue weighted by atomic mass is 16.5. The number of hydrogen-bond acceptors (Lipinski definition) is 5. The van der Waals surface area contributed by atoms with E-state index < -0.39 is 17.9 Å². The third-order valence-corrected chi connectivity index (χ3v) is 3.86. The minimum atomic E-state index is -0.781. The molecule has 1 aromatic carbocycles. The maximum absolute atomic E-state index is 12.3. The summed E-state index contributed by atoms with van der Waals surface area (Å²) < 4.78 is 7.35. The predicted octanol–water partition coefficient (Wildman–Crippen LogP) is 0.133. The van der Waals surface area contributed by atoms with Crippen LogP contribution >= 0.6 is 0 Å². The van der Waals surface area contributed by atoms with E-state index in [9.17, 15) is 14.7 Å². The SMILES string of the molecule is CNC(=O)c1c(C(N)=O)nc2n1CCOc1ccc(C#C[C@H](C)O)cc1-2. The number of amides is 2. The summed E-state index contributed by atoms with van der Waals surface area (Å²) in [6.45, 7) is 2.21. The lowest BCUT2D eigenvalue weighted by molar-refractivity contribution is 0.0933. The van der Waals surface area contributed by atoms with E-state index in [1.54, 1.807) is 29.7 Å². The fourth-order valence-electron chi connectivity index (χ4n) is 2.74. The Kier molecular flexibility index (Phi) is 4.65. The van der Waals surface area contributed by atoms with Crippen LogP contribution < -0.4 is 15.8 Å². The molecule has 0 saturated carbocycles. The molecule has 2 amide bonds. The molecule has 4 N–H and O–H groups in total. The molecular weight excluding hydrogens is 336 g/mol. The topological polar surface area (TPSA) is 119 Å². The molecule has 2 aromatic rings. The molecule has 0 spiro atoms. The molecule has 2 heterocycles. The second kappa shape index (κ2) is 6.90. The number of nitrogens with one attached hydrogen (secondary N) is 1. The van der Waals surface area contributed by atoms with Crippen LogP contribution in [-0.4, -0.2) is 46.2 Å². The van der Waals surface area contributed by atoms with Crippen LogP contribution in [0.25, 0.3) is 11.4 Å². The minimum Gasteiger partial charge on any atom is -0.491 e. The fraction of sp³-hybridized carbons (Fsp3) is 0.278. The standard InChI is InChI=1S/C18H18N4O4/c1-10(23)3-4-11-5-6-13-12(9-11)17-21-14(16(19)24)15(18(25)20-2)22(17)7-8-26-13/h5-6,9-10,23H,7-8H2,1-2H3,(H2,19,24)(H,20,25)/t10-/m0/s1. The van der Waals surface area contributed by atoms with E-state index in [-0.39, 0.29) is 11.4 Å². The van der Waals surface area contributed by atoms with Crippen LogP contribution in [0.15, 0.2) is 18.2 Å². The average Bonchev–Trinajstić information content (AvgIpc) is 2.90. The van der Waals surface area contributed by atoms with Crippen molar-refractivity contribution < 1.29 is 19.4 Å². The molecule has 134 valence electrons. The minimum absolute atomic E-state index is 0.0901. The highest BCUT2D eigenvalue weighted by molar-refractivity contribution is 6.05. The molecule has 8 heteroatoms. The third-order valence-electron chi connectivity index (χ3n) is 3.86. The summed E-state index contributed by atoms with van der Waals surface area (Å²) in [6.07, 6.45) is -0.756. The summed E-state index contributed by atoms with van der Waals surface area (Å²) in [6, 6.07) is 5.25. The summed E-state index contributed by atoms with van der Waals surface area (Å²) in [5.41, 5.74) is 6.67. The van der Waals surface area contributed by atoms with E-state index in [1.165, 1.54) is 7.05 Å². The number of carbonyl (C=O) groups is 2. The summed E-state index contributed by atoms with van der Waals surface area (Å²) in [5, 5.41) is 11.8. The lowest BCUT2D eigenvalue weighted by Crippen LogP contribution is -2.26. The van der Waals surface area contributed by atoms with Gasteiger partial charge in [-0.2, -0.15) is 0 Å². The van der Waals surface area contributed by atoms with Gasteiger partial charge in [-0.05, 0) is 25.1 Å². The zero-order chi connectivity index (χ0) is 18.8. The zero-order valence-electron chi connectivity index (χ0n) is 14.4. The number of imidazole rings is 1. The monoisotopic (exact) mass is 354 g/mol. The van der Waals surface area contributed by atoms with Crippen LogP contribution in [0.5, 0.6) is 5.75 Å². The van der Waals surface area contributed by atoms with E-state index in [0.717, 1.165) is 0 Å². The van der Waals surface area contributed by atoms with Crippen molar-refractivity contribution in [2.75, 3.05) is 13.7 Å². The van der Waals surface area contributed by atoms with E-state index in [0.29, 0.717) is 35.9 Å². The maximum atomic E-state index is 12.3. The predicted molar refractivity (Wildman–Crippen MR) is 93.6 cm³/mol. The third kappa shape index (κ3) is 3.12. The van der Waals surface area contributed by atoms with Crippen LogP contribution in [-0.2, 0) is 6.54 Å². The van der Waals surface area contributed by atoms with Crippen molar-refractivity contribution in [1.82, 2.24) is 14.9 Å². The number of aromatic nitrogens is 2. The van der Waals surface area contributed by atoms with Crippen molar-refractivity contribution >= 4 is 11.8 Å². The van der Waals surface area contributed by atoms with Crippen LogP contribution in [0, 0.1) is 11.8 Å². The molecular formula is C18H18N4O4. The van der Waals surface area contributed by atoms with Crippen LogP contribution in [0.1, 0.15) is 33.5 Å². The van der Waals surface area contributed by atoms with Gasteiger partial charge in [0.25, 0.3) is 11.8 Å². The van der Waals surface area contributed by atoms with Crippen molar-refractivity contribution in [2.24, 2.45) is 5.73 Å². The molecule has 1 aromatic heterocycles. The highest BCUT2D eigenvalue weighted by Gasteiger charge is 2.29. The normalized spacial score (nSPS) is 13.2. The van der Waals surface area contributed by atoms with Gasteiger partial charge in [0.15, 0.2) is 5.69 Å². The van der Waals surface area contributed by atoms with Gasteiger partial charge in [0.1, 0.15) is 30.0 Å². The molecule has 0 radical (unpaired) electrons. The Hall–Kier alpha value is -3.31. The first-order chi connectivity index (χ1) is 12.4. The molecule has 0 fully saturated rings. The van der Waals surface area contributed by atoms with E-state index >= 15 is 0 Å². The number of ether oxygens (including phenoxy) is 1. The van der Waals surface area contributed by atoms with E-state index in [1.807, 2.05) is 0 Å². The number of aliphatic hydroxyl groups is 1. The Morgan fingerprint density at radius 1 is 1.46 bits per heavy atom. The number of rotatable bonds is 2. The Balaban J connectivity index is 2.22. The van der Waals surface area contributed by atoms with Crippen molar-refractivity contribution in [1.29, 1.82) is 0 Å². The average molecular weight is 354 g/mol. The number of fused-ring (bicyclic) bond motifs is 3. The summed E-state index contributed by atoms with van der Waals surface area (Å²) in [5.74, 6) is 5.27. The van der Waals surface area contributed by atoms with Crippen LogP contribution in [0.2, 0.25) is 0 Å². The van der Waals surface area contributed by atoms with Gasteiger partial charge in [0, 0.05) is 12.6 Å². The number of aliphatic hydroxyl groups excluding tert-OH is 1. The number of primary amides is 1. The Morgan fingerprint density at radius 3 is 2.88 bits per heavy atom. The molecule has 3 rings (SSSR count). The zero-order valence-corrected chi connectivity index (χ0v) is 14.4. The lowest BCUT2D eigenvalue weighted by Gasteiger charge is -2.07. The molecule has 0 saturated heterocycles. The first kappa shape index (κ1) is 17.5. The summed E-state index contributed by atoms with van der Waals surface area (Å²) >= 11 is 0. The number of carbonyl (C=O) groups excluding carboxylic acids is 2. The number of benzene rings is 1. The first-order valence-corrected chi connectivity index (χ1v) is 8.01. The van der Waals surface area contributed by atoms with Crippen molar-refractivity contribution in [3.63, 3.8) is 0 Å². The van der Waals surface area contributed by atoms with Crippen LogP contribution in [0.4, 0.5) is 0 Å². The van der Waals surface area contributed by atoms with Gasteiger partial charge in [0.2, 0.25) is 0 Å². The molecule has 26 heavy (non-hydrogen) atoms. The quantitative estimate of drug-likeness (QED) is 0.663. The van der Waals surface area contributed by atoms with Gasteiger partial charge < -0.3 is 25.5 Å².